The highest BCUT2D eigenvalue weighted by Crippen LogP contribution is 2.45. The first-order chi connectivity index (χ1) is 9.15. The first-order valence-electron chi connectivity index (χ1n) is 6.72. The highest BCUT2D eigenvalue weighted by molar-refractivity contribution is 5.85. The fourth-order valence-electron chi connectivity index (χ4n) is 2.82. The molecule has 1 unspecified atom stereocenters. The molecular formula is C16H17NO2. The van der Waals surface area contributed by atoms with Crippen LogP contribution in [0.1, 0.15) is 36.4 Å². The first-order valence-corrected chi connectivity index (χ1v) is 6.72. The van der Waals surface area contributed by atoms with E-state index >= 15 is 0 Å². The van der Waals surface area contributed by atoms with Gasteiger partial charge in [-0.25, -0.2) is 0 Å². The zero-order chi connectivity index (χ0) is 13.4. The molecule has 0 radical (unpaired) electrons. The van der Waals surface area contributed by atoms with Crippen LogP contribution in [-0.2, 0) is 4.79 Å². The maximum absolute atomic E-state index is 11.0. The number of nitrogens with zero attached hydrogens (tertiary/aromatic N) is 1. The molecule has 0 spiro atoms. The van der Waals surface area contributed by atoms with E-state index in [1.54, 1.807) is 0 Å². The number of rotatable bonds is 4. The summed E-state index contributed by atoms with van der Waals surface area (Å²) < 4.78 is 0. The van der Waals surface area contributed by atoms with Crippen molar-refractivity contribution in [3.05, 3.63) is 41.7 Å². The highest BCUT2D eigenvalue weighted by atomic mass is 16.4. The van der Waals surface area contributed by atoms with Crippen LogP contribution in [0.15, 0.2) is 30.5 Å². The Bertz CT molecular complexity index is 632. The van der Waals surface area contributed by atoms with Gasteiger partial charge in [-0.15, -0.1) is 0 Å². The van der Waals surface area contributed by atoms with E-state index in [0.29, 0.717) is 5.92 Å². The van der Waals surface area contributed by atoms with Gasteiger partial charge < -0.3 is 5.11 Å². The number of hydrogen-bond acceptors (Lipinski definition) is 2. The molecule has 1 saturated carbocycles. The number of hydrogen-bond donors (Lipinski definition) is 1. The minimum Gasteiger partial charge on any atom is -0.481 e. The number of fused-ring (bicyclic) bond motifs is 1. The average Bonchev–Trinajstić information content (AvgIpc) is 3.20. The van der Waals surface area contributed by atoms with E-state index in [1.807, 2.05) is 19.2 Å². The predicted molar refractivity (Wildman–Crippen MR) is 74.2 cm³/mol. The summed E-state index contributed by atoms with van der Waals surface area (Å²) in [5.41, 5.74) is 2.17. The van der Waals surface area contributed by atoms with Gasteiger partial charge in [0.05, 0.1) is 6.42 Å². The summed E-state index contributed by atoms with van der Waals surface area (Å²) >= 11 is 0. The van der Waals surface area contributed by atoms with E-state index in [0.717, 1.165) is 34.9 Å². The summed E-state index contributed by atoms with van der Waals surface area (Å²) in [6.07, 6.45) is 4.36. The summed E-state index contributed by atoms with van der Waals surface area (Å²) in [6, 6.07) is 8.28. The van der Waals surface area contributed by atoms with Crippen LogP contribution in [0.25, 0.3) is 10.8 Å². The van der Waals surface area contributed by atoms with Crippen LogP contribution in [0, 0.1) is 12.8 Å². The van der Waals surface area contributed by atoms with E-state index < -0.39 is 5.97 Å². The first kappa shape index (κ1) is 12.2. The number of pyridine rings is 1. The molecule has 2 aromatic rings. The van der Waals surface area contributed by atoms with Crippen molar-refractivity contribution in [3.63, 3.8) is 0 Å². The molecule has 0 saturated heterocycles. The summed E-state index contributed by atoms with van der Waals surface area (Å²) in [5.74, 6) is 0.00904. The molecule has 0 bridgehead atoms. The number of aliphatic carboxylic acids is 1. The van der Waals surface area contributed by atoms with E-state index in [2.05, 4.69) is 23.2 Å². The van der Waals surface area contributed by atoms with Gasteiger partial charge in [0.25, 0.3) is 0 Å². The fraction of sp³-hybridized carbons (Fsp3) is 0.375. The van der Waals surface area contributed by atoms with Gasteiger partial charge >= 0.3 is 5.97 Å². The molecule has 1 heterocycles. The van der Waals surface area contributed by atoms with Gasteiger partial charge in [0.2, 0.25) is 0 Å². The van der Waals surface area contributed by atoms with E-state index in [-0.39, 0.29) is 12.3 Å². The van der Waals surface area contributed by atoms with E-state index in [4.69, 9.17) is 5.11 Å². The Balaban J connectivity index is 2.01. The average molecular weight is 255 g/mol. The minimum absolute atomic E-state index is 0.162. The largest absolute Gasteiger partial charge is 0.481 e. The maximum atomic E-state index is 11.0. The van der Waals surface area contributed by atoms with Crippen LogP contribution >= 0.6 is 0 Å². The lowest BCUT2D eigenvalue weighted by Gasteiger charge is -2.15. The van der Waals surface area contributed by atoms with Crippen LogP contribution in [0.2, 0.25) is 0 Å². The minimum atomic E-state index is -0.706. The van der Waals surface area contributed by atoms with Crippen molar-refractivity contribution in [2.75, 3.05) is 0 Å². The summed E-state index contributed by atoms with van der Waals surface area (Å²) in [6.45, 7) is 2.00. The van der Waals surface area contributed by atoms with Crippen LogP contribution in [-0.4, -0.2) is 16.1 Å². The van der Waals surface area contributed by atoms with Gasteiger partial charge in [-0.3, -0.25) is 9.78 Å². The molecule has 1 aliphatic carbocycles. The topological polar surface area (TPSA) is 50.2 Å². The zero-order valence-corrected chi connectivity index (χ0v) is 11.0. The van der Waals surface area contributed by atoms with Crippen LogP contribution in [0.4, 0.5) is 0 Å². The third-order valence-corrected chi connectivity index (χ3v) is 4.00. The standard InChI is InChI=1S/C16H17NO2/c1-10-14-5-4-12(8-13(14)6-7-17-10)15(9-16(18)19)11-2-3-11/h4-8,11,15H,2-3,9H2,1H3,(H,18,19). The Morgan fingerprint density at radius 1 is 1.42 bits per heavy atom. The van der Waals surface area contributed by atoms with Crippen LogP contribution in [0.5, 0.6) is 0 Å². The van der Waals surface area contributed by atoms with Gasteiger partial charge in [-0.2, -0.15) is 0 Å². The summed E-state index contributed by atoms with van der Waals surface area (Å²) in [7, 11) is 0. The van der Waals surface area contributed by atoms with E-state index in [9.17, 15) is 4.79 Å². The number of carboxylic acids is 1. The van der Waals surface area contributed by atoms with Crippen molar-refractivity contribution < 1.29 is 9.90 Å². The van der Waals surface area contributed by atoms with E-state index in [1.165, 1.54) is 0 Å². The number of benzene rings is 1. The zero-order valence-electron chi connectivity index (χ0n) is 11.0. The van der Waals surface area contributed by atoms with Crippen molar-refractivity contribution >= 4 is 16.7 Å². The third kappa shape index (κ3) is 2.46. The van der Waals surface area contributed by atoms with Gasteiger partial charge in [0.1, 0.15) is 0 Å². The molecule has 0 amide bonds. The molecule has 98 valence electrons. The van der Waals surface area contributed by atoms with Gasteiger partial charge in [0.15, 0.2) is 0 Å². The molecule has 1 aromatic heterocycles. The second kappa shape index (κ2) is 4.65. The molecule has 1 N–H and O–H groups in total. The van der Waals surface area contributed by atoms with Crippen molar-refractivity contribution in [1.82, 2.24) is 4.98 Å². The Hall–Kier alpha value is -1.90. The summed E-state index contributed by atoms with van der Waals surface area (Å²) in [4.78, 5) is 15.3. The highest BCUT2D eigenvalue weighted by Gasteiger charge is 2.33. The second-order valence-electron chi connectivity index (χ2n) is 5.42. The molecule has 1 fully saturated rings. The van der Waals surface area contributed by atoms with Gasteiger partial charge in [0, 0.05) is 17.3 Å². The van der Waals surface area contributed by atoms with Crippen LogP contribution < -0.4 is 0 Å². The quantitative estimate of drug-likeness (QED) is 0.909. The molecule has 1 aromatic carbocycles. The van der Waals surface area contributed by atoms with Gasteiger partial charge in [-0.05, 0) is 48.6 Å². The molecule has 1 aliphatic rings. The normalized spacial score (nSPS) is 16.5. The molecule has 3 rings (SSSR count). The second-order valence-corrected chi connectivity index (χ2v) is 5.42. The monoisotopic (exact) mass is 255 g/mol. The van der Waals surface area contributed by atoms with Crippen molar-refractivity contribution in [3.8, 4) is 0 Å². The Morgan fingerprint density at radius 2 is 2.21 bits per heavy atom. The molecule has 0 aliphatic heterocycles. The number of aryl methyl sites for hydroxylation is 1. The van der Waals surface area contributed by atoms with Crippen molar-refractivity contribution in [2.24, 2.45) is 5.92 Å². The van der Waals surface area contributed by atoms with Gasteiger partial charge in [-0.1, -0.05) is 18.2 Å². The third-order valence-electron chi connectivity index (χ3n) is 4.00. The number of aromatic nitrogens is 1. The Labute approximate surface area is 112 Å². The SMILES string of the molecule is Cc1nccc2cc(C(CC(=O)O)C3CC3)ccc12. The molecule has 19 heavy (non-hydrogen) atoms. The smallest absolute Gasteiger partial charge is 0.303 e. The lowest BCUT2D eigenvalue weighted by Crippen LogP contribution is -2.08. The maximum Gasteiger partial charge on any atom is 0.303 e. The molecular weight excluding hydrogens is 238 g/mol. The van der Waals surface area contributed by atoms with Crippen molar-refractivity contribution in [2.45, 2.75) is 32.1 Å². The lowest BCUT2D eigenvalue weighted by molar-refractivity contribution is -0.137. The fourth-order valence-corrected chi connectivity index (χ4v) is 2.82. The molecule has 3 heteroatoms. The Morgan fingerprint density at radius 3 is 2.89 bits per heavy atom. The molecule has 3 nitrogen and oxygen atoms in total. The van der Waals surface area contributed by atoms with Crippen LogP contribution in [0.3, 0.4) is 0 Å². The number of carbonyl (C=O) groups is 1. The lowest BCUT2D eigenvalue weighted by atomic mass is 9.89. The molecule has 1 atom stereocenters. The number of carboxylic acid groups (broad SMARTS) is 1. The van der Waals surface area contributed by atoms with Crippen molar-refractivity contribution in [1.29, 1.82) is 0 Å². The Kier molecular flexibility index (Phi) is 2.97. The summed E-state index contributed by atoms with van der Waals surface area (Å²) in [5, 5.41) is 11.4. The predicted octanol–water partition coefficient (Wildman–Crippen LogP) is 3.51.